The molecule has 0 saturated carbocycles. The van der Waals surface area contributed by atoms with Gasteiger partial charge >= 0.3 is 0 Å². The molecule has 2 aromatic carbocycles. The maximum Gasteiger partial charge on any atom is 0.281 e. The molecule has 0 atom stereocenters. The van der Waals surface area contributed by atoms with Crippen LogP contribution in [-0.2, 0) is 10.4 Å². The highest BCUT2D eigenvalue weighted by molar-refractivity contribution is 9.11. The Kier molecular flexibility index (Phi) is 5.66. The van der Waals surface area contributed by atoms with Crippen LogP contribution in [0.2, 0.25) is 0 Å². The van der Waals surface area contributed by atoms with Gasteiger partial charge in [0.15, 0.2) is 5.60 Å². The van der Waals surface area contributed by atoms with Gasteiger partial charge in [-0.1, -0.05) is 60.7 Å². The van der Waals surface area contributed by atoms with Crippen molar-refractivity contribution < 1.29 is 9.90 Å². The Hall–Kier alpha value is -2.28. The van der Waals surface area contributed by atoms with Crippen molar-refractivity contribution in [1.82, 2.24) is 5.43 Å². The summed E-state index contributed by atoms with van der Waals surface area (Å²) in [4.78, 5) is 13.9. The zero-order chi connectivity index (χ0) is 18.6. The summed E-state index contributed by atoms with van der Waals surface area (Å²) >= 11 is 4.93. The van der Waals surface area contributed by atoms with Crippen LogP contribution in [0.4, 0.5) is 0 Å². The van der Waals surface area contributed by atoms with Crippen molar-refractivity contribution in [1.29, 1.82) is 0 Å². The van der Waals surface area contributed by atoms with Crippen molar-refractivity contribution >= 4 is 38.9 Å². The van der Waals surface area contributed by atoms with Gasteiger partial charge in [-0.3, -0.25) is 4.79 Å². The molecule has 0 fully saturated rings. The zero-order valence-corrected chi connectivity index (χ0v) is 16.4. The van der Waals surface area contributed by atoms with Gasteiger partial charge in [0, 0.05) is 0 Å². The first-order chi connectivity index (χ1) is 12.5. The fourth-order valence-electron chi connectivity index (χ4n) is 2.57. The minimum Gasteiger partial charge on any atom is -0.372 e. The average molecular weight is 429 g/mol. The van der Waals surface area contributed by atoms with Crippen LogP contribution >= 0.6 is 27.3 Å². The molecule has 1 heterocycles. The predicted molar refractivity (Wildman–Crippen MR) is 108 cm³/mol. The van der Waals surface area contributed by atoms with E-state index in [1.165, 1.54) is 11.3 Å². The Morgan fingerprint density at radius 1 is 1.00 bits per heavy atom. The van der Waals surface area contributed by atoms with Crippen LogP contribution in [-0.4, -0.2) is 16.7 Å². The lowest BCUT2D eigenvalue weighted by Gasteiger charge is -2.27. The van der Waals surface area contributed by atoms with Crippen molar-refractivity contribution in [3.8, 4) is 0 Å². The SMILES string of the molecule is CC(=NNC(=O)C(O)(c1ccccc1)c1ccccc1)c1ccc(Br)s1. The molecule has 0 bridgehead atoms. The maximum absolute atomic E-state index is 12.9. The van der Waals surface area contributed by atoms with Crippen molar-refractivity contribution in [2.24, 2.45) is 5.10 Å². The number of nitrogens with one attached hydrogen (secondary N) is 1. The number of benzene rings is 2. The molecule has 3 rings (SSSR count). The predicted octanol–water partition coefficient (Wildman–Crippen LogP) is 4.29. The first-order valence-electron chi connectivity index (χ1n) is 7.95. The van der Waals surface area contributed by atoms with Crippen LogP contribution < -0.4 is 5.43 Å². The number of carbonyl (C=O) groups is 1. The van der Waals surface area contributed by atoms with Gasteiger partial charge in [-0.25, -0.2) is 5.43 Å². The van der Waals surface area contributed by atoms with E-state index in [4.69, 9.17) is 0 Å². The number of nitrogens with zero attached hydrogens (tertiary/aromatic N) is 1. The van der Waals surface area contributed by atoms with E-state index in [2.05, 4.69) is 26.5 Å². The summed E-state index contributed by atoms with van der Waals surface area (Å²) in [5.74, 6) is -0.607. The standard InChI is InChI=1S/C20H17BrN2O2S/c1-14(17-12-13-18(21)26-17)22-23-19(24)20(25,15-8-4-2-5-9-15)16-10-6-3-7-11-16/h2-13,25H,1H3,(H,23,24). The molecule has 3 aromatic rings. The molecule has 0 saturated heterocycles. The molecule has 1 aromatic heterocycles. The molecule has 1 amide bonds. The van der Waals surface area contributed by atoms with Gasteiger partial charge < -0.3 is 5.11 Å². The summed E-state index contributed by atoms with van der Waals surface area (Å²) in [5.41, 5.74) is 2.32. The highest BCUT2D eigenvalue weighted by atomic mass is 79.9. The molecule has 0 aliphatic carbocycles. The van der Waals surface area contributed by atoms with E-state index >= 15 is 0 Å². The second-order valence-corrected chi connectivity index (χ2v) is 8.15. The Labute approximate surface area is 164 Å². The van der Waals surface area contributed by atoms with Crippen LogP contribution in [0, 0.1) is 0 Å². The first-order valence-corrected chi connectivity index (χ1v) is 9.56. The molecule has 0 aliphatic heterocycles. The zero-order valence-electron chi connectivity index (χ0n) is 14.0. The minimum atomic E-state index is -1.83. The lowest BCUT2D eigenvalue weighted by atomic mass is 9.85. The maximum atomic E-state index is 12.9. The van der Waals surface area contributed by atoms with Crippen molar-refractivity contribution in [2.75, 3.05) is 0 Å². The number of thiophene rings is 1. The highest BCUT2D eigenvalue weighted by Gasteiger charge is 2.39. The molecule has 0 radical (unpaired) electrons. The summed E-state index contributed by atoms with van der Waals surface area (Å²) < 4.78 is 0.985. The topological polar surface area (TPSA) is 61.7 Å². The number of carbonyl (C=O) groups excluding carboxylic acids is 1. The molecule has 2 N–H and O–H groups in total. The second-order valence-electron chi connectivity index (χ2n) is 5.68. The van der Waals surface area contributed by atoms with Gasteiger partial charge in [-0.15, -0.1) is 11.3 Å². The van der Waals surface area contributed by atoms with Crippen LogP contribution in [0.25, 0.3) is 0 Å². The molecule has 26 heavy (non-hydrogen) atoms. The van der Waals surface area contributed by atoms with Crippen LogP contribution in [0.3, 0.4) is 0 Å². The third-order valence-corrected chi connectivity index (χ3v) is 5.70. The third-order valence-electron chi connectivity index (χ3n) is 3.97. The summed E-state index contributed by atoms with van der Waals surface area (Å²) in [6.07, 6.45) is 0. The van der Waals surface area contributed by atoms with E-state index in [-0.39, 0.29) is 0 Å². The van der Waals surface area contributed by atoms with Gasteiger partial charge in [-0.05, 0) is 46.1 Å². The number of halogens is 1. The normalized spacial score (nSPS) is 12.0. The largest absolute Gasteiger partial charge is 0.372 e. The number of hydrogen-bond acceptors (Lipinski definition) is 4. The van der Waals surface area contributed by atoms with Gasteiger partial charge in [0.25, 0.3) is 5.91 Å². The molecular formula is C20H17BrN2O2S. The monoisotopic (exact) mass is 428 g/mol. The molecule has 6 heteroatoms. The smallest absolute Gasteiger partial charge is 0.281 e. The summed E-state index contributed by atoms with van der Waals surface area (Å²) in [6, 6.07) is 21.5. The Morgan fingerprint density at radius 2 is 1.54 bits per heavy atom. The van der Waals surface area contributed by atoms with Crippen LogP contribution in [0.15, 0.2) is 81.7 Å². The van der Waals surface area contributed by atoms with Gasteiger partial charge in [0.05, 0.1) is 14.4 Å². The van der Waals surface area contributed by atoms with E-state index in [1.54, 1.807) is 48.5 Å². The Bertz CT molecular complexity index is 884. The number of hydrazone groups is 1. The van der Waals surface area contributed by atoms with Gasteiger partial charge in [0.1, 0.15) is 0 Å². The fraction of sp³-hybridized carbons (Fsp3) is 0.100. The second kappa shape index (κ2) is 7.95. The number of hydrogen-bond donors (Lipinski definition) is 2. The number of rotatable bonds is 5. The summed E-state index contributed by atoms with van der Waals surface area (Å²) in [5, 5.41) is 15.5. The lowest BCUT2D eigenvalue weighted by Crippen LogP contribution is -2.43. The highest BCUT2D eigenvalue weighted by Crippen LogP contribution is 2.30. The Morgan fingerprint density at radius 3 is 2.00 bits per heavy atom. The molecular weight excluding hydrogens is 412 g/mol. The Balaban J connectivity index is 1.94. The lowest BCUT2D eigenvalue weighted by molar-refractivity contribution is -0.136. The van der Waals surface area contributed by atoms with Crippen molar-refractivity contribution in [3.63, 3.8) is 0 Å². The summed E-state index contributed by atoms with van der Waals surface area (Å²) in [7, 11) is 0. The quantitative estimate of drug-likeness (QED) is 0.470. The van der Waals surface area contributed by atoms with Crippen LogP contribution in [0.5, 0.6) is 0 Å². The van der Waals surface area contributed by atoms with Crippen LogP contribution in [0.1, 0.15) is 22.9 Å². The minimum absolute atomic E-state index is 0.482. The molecule has 0 unspecified atom stereocenters. The van der Waals surface area contributed by atoms with E-state index in [1.807, 2.05) is 31.2 Å². The molecule has 0 spiro atoms. The van der Waals surface area contributed by atoms with E-state index in [0.29, 0.717) is 16.8 Å². The third kappa shape index (κ3) is 3.77. The van der Waals surface area contributed by atoms with Gasteiger partial charge in [-0.2, -0.15) is 5.10 Å². The fourth-order valence-corrected chi connectivity index (χ4v) is 3.90. The van der Waals surface area contributed by atoms with Crippen molar-refractivity contribution in [2.45, 2.75) is 12.5 Å². The van der Waals surface area contributed by atoms with Crippen molar-refractivity contribution in [3.05, 3.63) is 92.6 Å². The van der Waals surface area contributed by atoms with E-state index in [9.17, 15) is 9.90 Å². The summed E-state index contributed by atoms with van der Waals surface area (Å²) in [6.45, 7) is 1.81. The molecule has 132 valence electrons. The van der Waals surface area contributed by atoms with Gasteiger partial charge in [0.2, 0.25) is 0 Å². The number of aliphatic hydroxyl groups is 1. The van der Waals surface area contributed by atoms with E-state index in [0.717, 1.165) is 8.66 Å². The van der Waals surface area contributed by atoms with E-state index < -0.39 is 11.5 Å². The molecule has 4 nitrogen and oxygen atoms in total. The number of amides is 1. The molecule has 0 aliphatic rings. The first kappa shape index (κ1) is 18.5. The average Bonchev–Trinajstić information content (AvgIpc) is 3.13.